The Kier molecular flexibility index (Phi) is 4.74. The van der Waals surface area contributed by atoms with E-state index in [4.69, 9.17) is 10.5 Å². The van der Waals surface area contributed by atoms with Crippen LogP contribution >= 0.6 is 0 Å². The second kappa shape index (κ2) is 6.73. The van der Waals surface area contributed by atoms with Crippen molar-refractivity contribution in [1.29, 1.82) is 0 Å². The summed E-state index contributed by atoms with van der Waals surface area (Å²) in [5.41, 5.74) is 9.05. The van der Waals surface area contributed by atoms with E-state index >= 15 is 0 Å². The van der Waals surface area contributed by atoms with Crippen molar-refractivity contribution in [3.63, 3.8) is 0 Å². The van der Waals surface area contributed by atoms with Crippen LogP contribution < -0.4 is 11.1 Å². The molecular formula is C16H18N2O2. The maximum atomic E-state index is 12.0. The summed E-state index contributed by atoms with van der Waals surface area (Å²) in [6.07, 6.45) is 0.328. The van der Waals surface area contributed by atoms with E-state index in [1.807, 2.05) is 36.4 Å². The van der Waals surface area contributed by atoms with Crippen molar-refractivity contribution in [3.8, 4) is 0 Å². The van der Waals surface area contributed by atoms with Gasteiger partial charge in [-0.15, -0.1) is 0 Å². The van der Waals surface area contributed by atoms with Crippen LogP contribution in [0.4, 0.5) is 11.4 Å². The number of carbonyl (C=O) groups is 1. The molecule has 0 fully saturated rings. The van der Waals surface area contributed by atoms with Crippen LogP contribution in [0, 0.1) is 0 Å². The molecule has 0 spiro atoms. The van der Waals surface area contributed by atoms with Gasteiger partial charge in [0.2, 0.25) is 5.91 Å². The number of carbonyl (C=O) groups excluding carboxylic acids is 1. The third-order valence-corrected chi connectivity index (χ3v) is 2.87. The summed E-state index contributed by atoms with van der Waals surface area (Å²) >= 11 is 0. The molecule has 3 N–H and O–H groups in total. The fraction of sp³-hybridized carbons (Fsp3) is 0.188. The Balaban J connectivity index is 1.97. The molecule has 0 saturated heterocycles. The van der Waals surface area contributed by atoms with Gasteiger partial charge in [0, 0.05) is 18.5 Å². The lowest BCUT2D eigenvalue weighted by molar-refractivity contribution is -0.115. The number of nitrogens with two attached hydrogens (primary N) is 1. The standard InChI is InChI=1S/C16H18N2O2/c1-20-11-13-3-2-4-15(9-13)18-16(19)10-12-5-7-14(17)8-6-12/h2-9H,10-11,17H2,1H3,(H,18,19). The quantitative estimate of drug-likeness (QED) is 0.821. The van der Waals surface area contributed by atoms with E-state index in [9.17, 15) is 4.79 Å². The van der Waals surface area contributed by atoms with Gasteiger partial charge in [0.25, 0.3) is 0 Å². The Morgan fingerprint density at radius 3 is 2.60 bits per heavy atom. The molecule has 0 unspecified atom stereocenters. The highest BCUT2D eigenvalue weighted by atomic mass is 16.5. The minimum absolute atomic E-state index is 0.0515. The van der Waals surface area contributed by atoms with Crippen LogP contribution in [0.2, 0.25) is 0 Å². The third kappa shape index (κ3) is 4.10. The molecule has 0 heterocycles. The molecule has 20 heavy (non-hydrogen) atoms. The molecule has 2 aromatic rings. The molecule has 0 aliphatic heterocycles. The van der Waals surface area contributed by atoms with Gasteiger partial charge in [-0.05, 0) is 35.4 Å². The molecule has 2 aromatic carbocycles. The fourth-order valence-corrected chi connectivity index (χ4v) is 1.93. The van der Waals surface area contributed by atoms with Crippen LogP contribution in [-0.4, -0.2) is 13.0 Å². The largest absolute Gasteiger partial charge is 0.399 e. The summed E-state index contributed by atoms with van der Waals surface area (Å²) in [6.45, 7) is 0.529. The van der Waals surface area contributed by atoms with Gasteiger partial charge in [0.1, 0.15) is 0 Å². The summed E-state index contributed by atoms with van der Waals surface area (Å²) in [7, 11) is 1.65. The predicted molar refractivity (Wildman–Crippen MR) is 80.3 cm³/mol. The van der Waals surface area contributed by atoms with Crippen molar-refractivity contribution in [3.05, 3.63) is 59.7 Å². The van der Waals surface area contributed by atoms with Crippen molar-refractivity contribution >= 4 is 17.3 Å². The molecule has 0 bridgehead atoms. The molecule has 0 aliphatic carbocycles. The van der Waals surface area contributed by atoms with Crippen LogP contribution in [0.25, 0.3) is 0 Å². The van der Waals surface area contributed by atoms with Gasteiger partial charge in [0.05, 0.1) is 13.0 Å². The number of amides is 1. The van der Waals surface area contributed by atoms with E-state index in [1.54, 1.807) is 19.2 Å². The average Bonchev–Trinajstić information content (AvgIpc) is 2.42. The number of rotatable bonds is 5. The van der Waals surface area contributed by atoms with Crippen molar-refractivity contribution in [2.75, 3.05) is 18.2 Å². The molecule has 0 aromatic heterocycles. The van der Waals surface area contributed by atoms with Gasteiger partial charge in [0.15, 0.2) is 0 Å². The predicted octanol–water partition coefficient (Wildman–Crippen LogP) is 2.60. The van der Waals surface area contributed by atoms with E-state index < -0.39 is 0 Å². The van der Waals surface area contributed by atoms with E-state index in [2.05, 4.69) is 5.32 Å². The first-order chi connectivity index (χ1) is 9.67. The highest BCUT2D eigenvalue weighted by molar-refractivity contribution is 5.92. The smallest absolute Gasteiger partial charge is 0.228 e. The number of nitrogens with one attached hydrogen (secondary N) is 1. The number of anilines is 2. The Hall–Kier alpha value is -2.33. The lowest BCUT2D eigenvalue weighted by Crippen LogP contribution is -2.14. The van der Waals surface area contributed by atoms with Crippen molar-refractivity contribution in [1.82, 2.24) is 0 Å². The van der Waals surface area contributed by atoms with Gasteiger partial charge < -0.3 is 15.8 Å². The fourth-order valence-electron chi connectivity index (χ4n) is 1.93. The Morgan fingerprint density at radius 2 is 1.90 bits per heavy atom. The van der Waals surface area contributed by atoms with Crippen molar-refractivity contribution in [2.24, 2.45) is 0 Å². The zero-order chi connectivity index (χ0) is 14.4. The van der Waals surface area contributed by atoms with Gasteiger partial charge in [-0.1, -0.05) is 24.3 Å². The van der Waals surface area contributed by atoms with Gasteiger partial charge in [-0.25, -0.2) is 0 Å². The zero-order valence-corrected chi connectivity index (χ0v) is 11.4. The van der Waals surface area contributed by atoms with Gasteiger partial charge in [-0.2, -0.15) is 0 Å². The molecule has 0 saturated carbocycles. The van der Waals surface area contributed by atoms with Crippen molar-refractivity contribution in [2.45, 2.75) is 13.0 Å². The first-order valence-corrected chi connectivity index (χ1v) is 6.39. The SMILES string of the molecule is COCc1cccc(NC(=O)Cc2ccc(N)cc2)c1. The average molecular weight is 270 g/mol. The summed E-state index contributed by atoms with van der Waals surface area (Å²) in [4.78, 5) is 12.0. The van der Waals surface area contributed by atoms with Crippen LogP contribution in [0.1, 0.15) is 11.1 Å². The lowest BCUT2D eigenvalue weighted by Gasteiger charge is -2.07. The van der Waals surface area contributed by atoms with Crippen LogP contribution in [0.5, 0.6) is 0 Å². The Morgan fingerprint density at radius 1 is 1.15 bits per heavy atom. The third-order valence-electron chi connectivity index (χ3n) is 2.87. The maximum absolute atomic E-state index is 12.0. The first kappa shape index (κ1) is 14.1. The summed E-state index contributed by atoms with van der Waals surface area (Å²) < 4.78 is 5.07. The summed E-state index contributed by atoms with van der Waals surface area (Å²) in [6, 6.07) is 14.9. The van der Waals surface area contributed by atoms with Gasteiger partial charge in [-0.3, -0.25) is 4.79 Å². The molecule has 2 rings (SSSR count). The number of methoxy groups -OCH3 is 1. The van der Waals surface area contributed by atoms with Crippen molar-refractivity contribution < 1.29 is 9.53 Å². The highest BCUT2D eigenvalue weighted by Crippen LogP contribution is 2.12. The second-order valence-corrected chi connectivity index (χ2v) is 4.60. The van der Waals surface area contributed by atoms with Crippen LogP contribution in [0.15, 0.2) is 48.5 Å². The van der Waals surface area contributed by atoms with E-state index in [1.165, 1.54) is 0 Å². The normalized spacial score (nSPS) is 10.2. The number of hydrogen-bond donors (Lipinski definition) is 2. The topological polar surface area (TPSA) is 64.3 Å². The highest BCUT2D eigenvalue weighted by Gasteiger charge is 2.04. The number of ether oxygens (including phenoxy) is 1. The zero-order valence-electron chi connectivity index (χ0n) is 11.4. The van der Waals surface area contributed by atoms with E-state index in [0.29, 0.717) is 18.7 Å². The Bertz CT molecular complexity index is 579. The molecule has 0 atom stereocenters. The molecule has 0 radical (unpaired) electrons. The second-order valence-electron chi connectivity index (χ2n) is 4.60. The number of hydrogen-bond acceptors (Lipinski definition) is 3. The van der Waals surface area contributed by atoms with Gasteiger partial charge >= 0.3 is 0 Å². The molecule has 0 aliphatic rings. The van der Waals surface area contributed by atoms with Crippen LogP contribution in [0.3, 0.4) is 0 Å². The molecule has 4 heteroatoms. The van der Waals surface area contributed by atoms with E-state index in [-0.39, 0.29) is 5.91 Å². The summed E-state index contributed by atoms with van der Waals surface area (Å²) in [5.74, 6) is -0.0515. The molecule has 4 nitrogen and oxygen atoms in total. The molecule has 104 valence electrons. The molecular weight excluding hydrogens is 252 g/mol. The Labute approximate surface area is 118 Å². The van der Waals surface area contributed by atoms with Crippen LogP contribution in [-0.2, 0) is 22.6 Å². The lowest BCUT2D eigenvalue weighted by atomic mass is 10.1. The summed E-state index contributed by atoms with van der Waals surface area (Å²) in [5, 5.41) is 2.88. The minimum atomic E-state index is -0.0515. The minimum Gasteiger partial charge on any atom is -0.399 e. The maximum Gasteiger partial charge on any atom is 0.228 e. The number of benzene rings is 2. The molecule has 1 amide bonds. The first-order valence-electron chi connectivity index (χ1n) is 6.39. The van der Waals surface area contributed by atoms with E-state index in [0.717, 1.165) is 16.8 Å². The number of nitrogen functional groups attached to an aromatic ring is 1. The monoisotopic (exact) mass is 270 g/mol.